The van der Waals surface area contributed by atoms with Crippen LogP contribution in [0, 0.1) is 6.92 Å². The second-order valence-electron chi connectivity index (χ2n) is 5.91. The number of carbonyl (C=O) groups is 2. The van der Waals surface area contributed by atoms with Crippen molar-refractivity contribution >= 4 is 17.5 Å². The van der Waals surface area contributed by atoms with E-state index in [0.717, 1.165) is 12.0 Å². The lowest BCUT2D eigenvalue weighted by molar-refractivity contribution is 0.0921. The summed E-state index contributed by atoms with van der Waals surface area (Å²) < 4.78 is 10.8. The summed E-state index contributed by atoms with van der Waals surface area (Å²) >= 11 is 0. The minimum atomic E-state index is -0.489. The molecule has 0 saturated heterocycles. The van der Waals surface area contributed by atoms with Crippen LogP contribution < -0.4 is 21.4 Å². The van der Waals surface area contributed by atoms with Gasteiger partial charge in [0, 0.05) is 23.1 Å². The summed E-state index contributed by atoms with van der Waals surface area (Å²) in [6, 6.07) is 6.80. The average molecular weight is 356 g/mol. The highest BCUT2D eigenvalue weighted by Gasteiger charge is 2.27. The SMILES string of the molecule is COc1cccc(C(=O)N/N=C2\CCCc3oc(C(=O)NN)c(C)c32)c1. The molecule has 26 heavy (non-hydrogen) atoms. The molecule has 1 aliphatic rings. The summed E-state index contributed by atoms with van der Waals surface area (Å²) in [5.41, 5.74) is 7.19. The standard InChI is InChI=1S/C18H20N4O4/c1-10-15-13(7-4-8-14(15)26-16(10)18(24)20-19)21-22-17(23)11-5-3-6-12(9-11)25-2/h3,5-6,9H,4,7-8,19H2,1-2H3,(H,20,24)(H,22,23)/b21-13+. The van der Waals surface area contributed by atoms with Gasteiger partial charge in [-0.2, -0.15) is 5.10 Å². The van der Waals surface area contributed by atoms with Crippen LogP contribution in [0.4, 0.5) is 0 Å². The predicted molar refractivity (Wildman–Crippen MR) is 95.0 cm³/mol. The van der Waals surface area contributed by atoms with Gasteiger partial charge in [-0.3, -0.25) is 15.0 Å². The monoisotopic (exact) mass is 356 g/mol. The van der Waals surface area contributed by atoms with E-state index >= 15 is 0 Å². The summed E-state index contributed by atoms with van der Waals surface area (Å²) in [5, 5.41) is 4.27. The van der Waals surface area contributed by atoms with Gasteiger partial charge in [0.25, 0.3) is 5.91 Å². The number of hydrogen-bond donors (Lipinski definition) is 3. The van der Waals surface area contributed by atoms with Crippen LogP contribution in [0.2, 0.25) is 0 Å². The fraction of sp³-hybridized carbons (Fsp3) is 0.278. The molecule has 0 spiro atoms. The zero-order valence-corrected chi connectivity index (χ0v) is 14.6. The molecule has 1 aliphatic carbocycles. The van der Waals surface area contributed by atoms with E-state index in [1.165, 1.54) is 7.11 Å². The van der Waals surface area contributed by atoms with Crippen molar-refractivity contribution in [3.05, 3.63) is 52.5 Å². The number of nitrogens with two attached hydrogens (primary N) is 1. The Morgan fingerprint density at radius 1 is 1.27 bits per heavy atom. The van der Waals surface area contributed by atoms with Crippen molar-refractivity contribution in [2.45, 2.75) is 26.2 Å². The molecule has 0 saturated carbocycles. The van der Waals surface area contributed by atoms with E-state index in [0.29, 0.717) is 41.2 Å². The molecule has 1 heterocycles. The number of aryl methyl sites for hydroxylation is 1. The number of hydrazone groups is 1. The number of nitrogens with one attached hydrogen (secondary N) is 2. The Labute approximate surface area is 150 Å². The van der Waals surface area contributed by atoms with Crippen molar-refractivity contribution in [1.82, 2.24) is 10.9 Å². The summed E-state index contributed by atoms with van der Waals surface area (Å²) in [4.78, 5) is 24.2. The predicted octanol–water partition coefficient (Wildman–Crippen LogP) is 1.67. The molecule has 0 atom stereocenters. The van der Waals surface area contributed by atoms with Crippen LogP contribution in [-0.2, 0) is 6.42 Å². The zero-order valence-electron chi connectivity index (χ0n) is 14.6. The number of nitrogens with zero attached hydrogens (tertiary/aromatic N) is 1. The second kappa shape index (κ2) is 7.40. The van der Waals surface area contributed by atoms with Crippen molar-refractivity contribution in [2.75, 3.05) is 7.11 Å². The van der Waals surface area contributed by atoms with E-state index < -0.39 is 5.91 Å². The Balaban J connectivity index is 1.86. The lowest BCUT2D eigenvalue weighted by Crippen LogP contribution is -2.30. The van der Waals surface area contributed by atoms with E-state index in [1.54, 1.807) is 31.2 Å². The Hall–Kier alpha value is -3.13. The van der Waals surface area contributed by atoms with E-state index in [9.17, 15) is 9.59 Å². The van der Waals surface area contributed by atoms with Crippen molar-refractivity contribution in [1.29, 1.82) is 0 Å². The van der Waals surface area contributed by atoms with E-state index in [4.69, 9.17) is 15.0 Å². The average Bonchev–Trinajstić information content (AvgIpc) is 3.02. The minimum Gasteiger partial charge on any atom is -0.497 e. The van der Waals surface area contributed by atoms with Gasteiger partial charge >= 0.3 is 5.91 Å². The van der Waals surface area contributed by atoms with Crippen LogP contribution in [0.1, 0.15) is 50.6 Å². The number of methoxy groups -OCH3 is 1. The molecule has 8 heteroatoms. The summed E-state index contributed by atoms with van der Waals surface area (Å²) in [7, 11) is 1.54. The molecule has 2 amide bonds. The van der Waals surface area contributed by atoms with Crippen molar-refractivity contribution < 1.29 is 18.7 Å². The number of carbonyl (C=O) groups excluding carboxylic acids is 2. The summed E-state index contributed by atoms with van der Waals surface area (Å²) in [6.45, 7) is 1.78. The highest BCUT2D eigenvalue weighted by Crippen LogP contribution is 2.29. The van der Waals surface area contributed by atoms with Gasteiger partial charge in [0.1, 0.15) is 11.5 Å². The Kier molecular flexibility index (Phi) is 5.04. The molecule has 1 aromatic carbocycles. The van der Waals surface area contributed by atoms with Crippen molar-refractivity contribution in [2.24, 2.45) is 10.9 Å². The number of nitrogen functional groups attached to an aromatic ring is 1. The van der Waals surface area contributed by atoms with Crippen LogP contribution in [-0.4, -0.2) is 24.6 Å². The summed E-state index contributed by atoms with van der Waals surface area (Å²) in [6.07, 6.45) is 2.20. The third-order valence-electron chi connectivity index (χ3n) is 4.29. The molecule has 0 unspecified atom stereocenters. The number of fused-ring (bicyclic) bond motifs is 1. The van der Waals surface area contributed by atoms with Gasteiger partial charge in [-0.05, 0) is 38.0 Å². The molecule has 0 fully saturated rings. The van der Waals surface area contributed by atoms with Gasteiger partial charge in [-0.25, -0.2) is 11.3 Å². The van der Waals surface area contributed by atoms with Crippen LogP contribution >= 0.6 is 0 Å². The van der Waals surface area contributed by atoms with Crippen molar-refractivity contribution in [3.8, 4) is 5.75 Å². The lowest BCUT2D eigenvalue weighted by Gasteiger charge is -2.13. The van der Waals surface area contributed by atoms with Gasteiger partial charge in [0.05, 0.1) is 12.8 Å². The topological polar surface area (TPSA) is 119 Å². The zero-order chi connectivity index (χ0) is 18.7. The first-order chi connectivity index (χ1) is 12.5. The Bertz CT molecular complexity index is 885. The number of furan rings is 1. The third-order valence-corrected chi connectivity index (χ3v) is 4.29. The van der Waals surface area contributed by atoms with Gasteiger partial charge in [0.15, 0.2) is 5.76 Å². The van der Waals surface area contributed by atoms with E-state index in [2.05, 4.69) is 16.0 Å². The van der Waals surface area contributed by atoms with Crippen LogP contribution in [0.25, 0.3) is 0 Å². The molecule has 2 aromatic rings. The van der Waals surface area contributed by atoms with Gasteiger partial charge in [0.2, 0.25) is 0 Å². The Morgan fingerprint density at radius 2 is 2.08 bits per heavy atom. The number of amides is 2. The minimum absolute atomic E-state index is 0.172. The molecule has 4 N–H and O–H groups in total. The molecular weight excluding hydrogens is 336 g/mol. The fourth-order valence-corrected chi connectivity index (χ4v) is 3.01. The molecule has 0 bridgehead atoms. The summed E-state index contributed by atoms with van der Waals surface area (Å²) in [5.74, 6) is 5.81. The van der Waals surface area contributed by atoms with Gasteiger partial charge in [-0.1, -0.05) is 6.07 Å². The number of rotatable bonds is 4. The van der Waals surface area contributed by atoms with Crippen LogP contribution in [0.5, 0.6) is 5.75 Å². The first kappa shape index (κ1) is 17.7. The Morgan fingerprint density at radius 3 is 2.81 bits per heavy atom. The lowest BCUT2D eigenvalue weighted by atomic mass is 9.93. The maximum absolute atomic E-state index is 12.3. The first-order valence-electron chi connectivity index (χ1n) is 8.19. The van der Waals surface area contributed by atoms with Crippen LogP contribution in [0.3, 0.4) is 0 Å². The normalized spacial score (nSPS) is 14.7. The van der Waals surface area contributed by atoms with Crippen LogP contribution in [0.15, 0.2) is 33.8 Å². The second-order valence-corrected chi connectivity index (χ2v) is 5.91. The molecule has 0 radical (unpaired) electrons. The largest absolute Gasteiger partial charge is 0.497 e. The van der Waals surface area contributed by atoms with E-state index in [-0.39, 0.29) is 11.7 Å². The fourth-order valence-electron chi connectivity index (χ4n) is 3.01. The maximum Gasteiger partial charge on any atom is 0.301 e. The quantitative estimate of drug-likeness (QED) is 0.437. The first-order valence-corrected chi connectivity index (χ1v) is 8.19. The molecule has 1 aromatic heterocycles. The number of ether oxygens (including phenoxy) is 1. The third kappa shape index (κ3) is 3.31. The van der Waals surface area contributed by atoms with Crippen molar-refractivity contribution in [3.63, 3.8) is 0 Å². The molecular formula is C18H20N4O4. The molecule has 136 valence electrons. The molecule has 8 nitrogen and oxygen atoms in total. The van der Waals surface area contributed by atoms with E-state index in [1.807, 2.05) is 0 Å². The smallest absolute Gasteiger partial charge is 0.301 e. The van der Waals surface area contributed by atoms with Gasteiger partial charge < -0.3 is 9.15 Å². The van der Waals surface area contributed by atoms with Gasteiger partial charge in [-0.15, -0.1) is 0 Å². The highest BCUT2D eigenvalue weighted by atomic mass is 16.5. The number of hydrogen-bond acceptors (Lipinski definition) is 6. The highest BCUT2D eigenvalue weighted by molar-refractivity contribution is 6.07. The maximum atomic E-state index is 12.3. The molecule has 0 aliphatic heterocycles. The number of benzene rings is 1. The number of hydrazine groups is 1. The molecule has 3 rings (SSSR count).